The summed E-state index contributed by atoms with van der Waals surface area (Å²) >= 11 is 0. The maximum Gasteiger partial charge on any atom is 0.341 e. The first-order valence-corrected chi connectivity index (χ1v) is 11.8. The number of rotatable bonds is 13. The molecule has 6 heteroatoms. The number of methoxy groups -OCH3 is 2. The highest BCUT2D eigenvalue weighted by atomic mass is 16.5. The number of aliphatic carboxylic acids is 1. The number of benzene rings is 3. The molecule has 0 saturated carbocycles. The first-order chi connectivity index (χ1) is 16.9. The summed E-state index contributed by atoms with van der Waals surface area (Å²) in [6.07, 6.45) is 2.65. The molecule has 0 aromatic heterocycles. The van der Waals surface area contributed by atoms with Crippen LogP contribution in [0.2, 0.25) is 0 Å². The van der Waals surface area contributed by atoms with Gasteiger partial charge in [0, 0.05) is 5.56 Å². The Morgan fingerprint density at radius 3 is 2.11 bits per heavy atom. The van der Waals surface area contributed by atoms with Gasteiger partial charge in [-0.05, 0) is 79.5 Å². The maximum atomic E-state index is 11.5. The fraction of sp³-hybridized carbons (Fsp3) is 0.345. The molecule has 0 saturated heterocycles. The first kappa shape index (κ1) is 26.1. The van der Waals surface area contributed by atoms with Gasteiger partial charge in [0.2, 0.25) is 0 Å². The monoisotopic (exact) mass is 478 g/mol. The zero-order valence-electron chi connectivity index (χ0n) is 20.6. The van der Waals surface area contributed by atoms with E-state index in [0.29, 0.717) is 23.7 Å². The largest absolute Gasteiger partial charge is 0.496 e. The molecule has 0 radical (unpaired) electrons. The number of carboxylic acid groups (broad SMARTS) is 1. The lowest BCUT2D eigenvalue weighted by molar-refractivity contribution is -0.139. The van der Waals surface area contributed by atoms with E-state index >= 15 is 0 Å². The van der Waals surface area contributed by atoms with E-state index in [1.165, 1.54) is 5.56 Å². The second kappa shape index (κ2) is 12.8. The van der Waals surface area contributed by atoms with Crippen molar-refractivity contribution >= 4 is 5.97 Å². The van der Waals surface area contributed by atoms with Gasteiger partial charge in [-0.3, -0.25) is 0 Å². The summed E-state index contributed by atoms with van der Waals surface area (Å²) in [5.41, 5.74) is 3.97. The second-order valence-corrected chi connectivity index (χ2v) is 8.66. The molecule has 35 heavy (non-hydrogen) atoms. The number of ether oxygens (including phenoxy) is 3. The predicted molar refractivity (Wildman–Crippen MR) is 135 cm³/mol. The molecule has 0 aliphatic rings. The minimum atomic E-state index is -1.01. The van der Waals surface area contributed by atoms with E-state index in [2.05, 4.69) is 12.1 Å². The van der Waals surface area contributed by atoms with Crippen LogP contribution in [0.4, 0.5) is 0 Å². The van der Waals surface area contributed by atoms with Gasteiger partial charge >= 0.3 is 5.97 Å². The van der Waals surface area contributed by atoms with Gasteiger partial charge in [-0.25, -0.2) is 4.79 Å². The summed E-state index contributed by atoms with van der Waals surface area (Å²) in [5.74, 6) is 0.814. The molecule has 2 unspecified atom stereocenters. The second-order valence-electron chi connectivity index (χ2n) is 8.66. The van der Waals surface area contributed by atoms with Crippen LogP contribution in [0, 0.1) is 12.8 Å². The Kier molecular flexibility index (Phi) is 9.56. The molecule has 3 rings (SSSR count). The van der Waals surface area contributed by atoms with Crippen molar-refractivity contribution in [2.75, 3.05) is 20.8 Å². The number of carboxylic acids is 1. The van der Waals surface area contributed by atoms with Gasteiger partial charge in [0.05, 0.1) is 20.3 Å². The highest BCUT2D eigenvalue weighted by Gasteiger charge is 2.24. The fourth-order valence-electron chi connectivity index (χ4n) is 4.30. The van der Waals surface area contributed by atoms with E-state index in [0.717, 1.165) is 36.0 Å². The maximum absolute atomic E-state index is 11.5. The van der Waals surface area contributed by atoms with Crippen LogP contribution in [0.3, 0.4) is 0 Å². The van der Waals surface area contributed by atoms with Crippen molar-refractivity contribution in [3.63, 3.8) is 0 Å². The standard InChI is InChI=1S/C29H34O6/c1-20-26(33-2)17-24(18-27(20)34-3)29(32)23(11-7-10-21-8-5-4-6-9-21)16-22-12-14-25(15-13-22)35-19-28(30)31/h4-6,8-9,12-15,17-18,23,29,32H,7,10-11,16,19H2,1-3H3,(H,30,31). The lowest BCUT2D eigenvalue weighted by atomic mass is 9.85. The van der Waals surface area contributed by atoms with Gasteiger partial charge in [-0.2, -0.15) is 0 Å². The third kappa shape index (κ3) is 7.49. The van der Waals surface area contributed by atoms with Crippen LogP contribution in [0.25, 0.3) is 0 Å². The average molecular weight is 479 g/mol. The Morgan fingerprint density at radius 2 is 1.54 bits per heavy atom. The first-order valence-electron chi connectivity index (χ1n) is 11.8. The van der Waals surface area contributed by atoms with E-state index in [9.17, 15) is 9.90 Å². The summed E-state index contributed by atoms with van der Waals surface area (Å²) in [4.78, 5) is 10.7. The van der Waals surface area contributed by atoms with E-state index < -0.39 is 12.1 Å². The van der Waals surface area contributed by atoms with Crippen LogP contribution in [-0.2, 0) is 17.6 Å². The summed E-state index contributed by atoms with van der Waals surface area (Å²) < 4.78 is 16.3. The minimum Gasteiger partial charge on any atom is -0.496 e. The van der Waals surface area contributed by atoms with Crippen molar-refractivity contribution in [2.45, 2.75) is 38.7 Å². The van der Waals surface area contributed by atoms with E-state index in [-0.39, 0.29) is 12.5 Å². The van der Waals surface area contributed by atoms with E-state index in [4.69, 9.17) is 19.3 Å². The highest BCUT2D eigenvalue weighted by Crippen LogP contribution is 2.36. The Balaban J connectivity index is 1.79. The number of aryl methyl sites for hydroxylation is 1. The molecular formula is C29H34O6. The Labute approximate surface area is 207 Å². The molecular weight excluding hydrogens is 444 g/mol. The molecule has 3 aromatic rings. The van der Waals surface area contributed by atoms with E-state index in [1.807, 2.05) is 49.4 Å². The molecule has 2 N–H and O–H groups in total. The summed E-state index contributed by atoms with van der Waals surface area (Å²) in [6, 6.07) is 21.5. The number of hydrogen-bond donors (Lipinski definition) is 2. The van der Waals surface area contributed by atoms with Crippen molar-refractivity contribution in [3.05, 3.63) is 89.0 Å². The fourth-order valence-corrected chi connectivity index (χ4v) is 4.30. The number of hydrogen-bond acceptors (Lipinski definition) is 5. The smallest absolute Gasteiger partial charge is 0.341 e. The number of aliphatic hydroxyl groups is 1. The van der Waals surface area contributed by atoms with Gasteiger partial charge in [-0.15, -0.1) is 0 Å². The Bertz CT molecular complexity index is 1050. The van der Waals surface area contributed by atoms with Crippen molar-refractivity contribution in [2.24, 2.45) is 5.92 Å². The lowest BCUT2D eigenvalue weighted by Gasteiger charge is -2.25. The van der Waals surface area contributed by atoms with Crippen LogP contribution in [0.1, 0.15) is 41.2 Å². The zero-order chi connectivity index (χ0) is 25.2. The lowest BCUT2D eigenvalue weighted by Crippen LogP contribution is -2.17. The van der Waals surface area contributed by atoms with E-state index in [1.54, 1.807) is 26.4 Å². The Morgan fingerprint density at radius 1 is 0.914 bits per heavy atom. The van der Waals surface area contributed by atoms with Crippen molar-refractivity contribution < 1.29 is 29.2 Å². The van der Waals surface area contributed by atoms with Gasteiger partial charge in [0.25, 0.3) is 0 Å². The third-order valence-electron chi connectivity index (χ3n) is 6.23. The van der Waals surface area contributed by atoms with Gasteiger partial charge < -0.3 is 24.4 Å². The molecule has 0 heterocycles. The van der Waals surface area contributed by atoms with Gasteiger partial charge in [0.15, 0.2) is 6.61 Å². The molecule has 0 amide bonds. The van der Waals surface area contributed by atoms with Crippen LogP contribution in [-0.4, -0.2) is 37.0 Å². The number of carbonyl (C=O) groups is 1. The third-order valence-corrected chi connectivity index (χ3v) is 6.23. The molecule has 0 aliphatic carbocycles. The topological polar surface area (TPSA) is 85.2 Å². The molecule has 0 spiro atoms. The van der Waals surface area contributed by atoms with Crippen LogP contribution in [0.5, 0.6) is 17.2 Å². The molecule has 6 nitrogen and oxygen atoms in total. The molecule has 0 fully saturated rings. The van der Waals surface area contributed by atoms with Crippen molar-refractivity contribution in [3.8, 4) is 17.2 Å². The van der Waals surface area contributed by atoms with Crippen LogP contribution in [0.15, 0.2) is 66.7 Å². The average Bonchev–Trinajstić information content (AvgIpc) is 2.88. The number of aliphatic hydroxyl groups excluding tert-OH is 1. The SMILES string of the molecule is COc1cc(C(O)C(CCCc2ccccc2)Cc2ccc(OCC(=O)O)cc2)cc(OC)c1C. The van der Waals surface area contributed by atoms with Gasteiger partial charge in [0.1, 0.15) is 17.2 Å². The molecule has 0 bridgehead atoms. The predicted octanol–water partition coefficient (Wildman–Crippen LogP) is 5.39. The quantitative estimate of drug-likeness (QED) is 0.343. The highest BCUT2D eigenvalue weighted by molar-refractivity contribution is 5.68. The summed E-state index contributed by atoms with van der Waals surface area (Å²) in [7, 11) is 3.23. The zero-order valence-corrected chi connectivity index (χ0v) is 20.6. The van der Waals surface area contributed by atoms with Crippen molar-refractivity contribution in [1.82, 2.24) is 0 Å². The minimum absolute atomic E-state index is 0.0402. The molecule has 186 valence electrons. The normalized spacial score (nSPS) is 12.6. The molecule has 0 aliphatic heterocycles. The molecule has 3 aromatic carbocycles. The van der Waals surface area contributed by atoms with Crippen LogP contribution < -0.4 is 14.2 Å². The van der Waals surface area contributed by atoms with Crippen molar-refractivity contribution in [1.29, 1.82) is 0 Å². The van der Waals surface area contributed by atoms with Crippen LogP contribution >= 0.6 is 0 Å². The Hall–Kier alpha value is -3.51. The summed E-state index contributed by atoms with van der Waals surface area (Å²) in [5, 5.41) is 20.3. The molecule has 2 atom stereocenters. The van der Waals surface area contributed by atoms with Gasteiger partial charge in [-0.1, -0.05) is 42.5 Å². The summed E-state index contributed by atoms with van der Waals surface area (Å²) in [6.45, 7) is 1.55.